The summed E-state index contributed by atoms with van der Waals surface area (Å²) < 4.78 is 11.4. The van der Waals surface area contributed by atoms with Crippen LogP contribution in [0, 0.1) is 3.70 Å². The van der Waals surface area contributed by atoms with Crippen LogP contribution in [0.5, 0.6) is 0 Å². The Kier molecular flexibility index (Phi) is 4.81. The standard InChI is InChI=1S/C11H13IN2O7/c1-4(15)20-3-5-8(17)9(18)10(21-5)14-6(12)2-7(16)13-11(14)19/h2,5,8-10,17-18H,3H2,1H3,(H,13,16,19)/t5-,8+,9?,10-/m1/s1. The van der Waals surface area contributed by atoms with Crippen LogP contribution in [0.2, 0.25) is 0 Å². The number of hydrogen-bond donors (Lipinski definition) is 3. The molecule has 1 fully saturated rings. The molecule has 1 aliphatic rings. The van der Waals surface area contributed by atoms with Crippen molar-refractivity contribution in [2.45, 2.75) is 31.5 Å². The van der Waals surface area contributed by atoms with Crippen LogP contribution < -0.4 is 11.2 Å². The van der Waals surface area contributed by atoms with Crippen LogP contribution in [0.4, 0.5) is 0 Å². The summed E-state index contributed by atoms with van der Waals surface area (Å²) in [6.07, 6.45) is -4.88. The van der Waals surface area contributed by atoms with Crippen LogP contribution >= 0.6 is 22.6 Å². The molecular formula is C11H13IN2O7. The molecule has 1 aromatic rings. The maximum Gasteiger partial charge on any atom is 0.331 e. The van der Waals surface area contributed by atoms with Gasteiger partial charge in [-0.15, -0.1) is 0 Å². The van der Waals surface area contributed by atoms with Crippen LogP contribution in [-0.2, 0) is 14.3 Å². The van der Waals surface area contributed by atoms with Gasteiger partial charge in [-0.25, -0.2) is 4.79 Å². The predicted octanol–water partition coefficient (Wildman–Crippen LogP) is -1.68. The van der Waals surface area contributed by atoms with Crippen molar-refractivity contribution in [1.29, 1.82) is 0 Å². The maximum atomic E-state index is 11.8. The first kappa shape index (κ1) is 16.1. The molecule has 0 saturated carbocycles. The van der Waals surface area contributed by atoms with Crippen molar-refractivity contribution in [3.05, 3.63) is 30.6 Å². The summed E-state index contributed by atoms with van der Waals surface area (Å²) in [7, 11) is 0. The molecule has 1 saturated heterocycles. The molecule has 0 radical (unpaired) electrons. The second-order valence-corrected chi connectivity index (χ2v) is 5.59. The van der Waals surface area contributed by atoms with E-state index in [0.29, 0.717) is 0 Å². The van der Waals surface area contributed by atoms with Gasteiger partial charge in [-0.1, -0.05) is 0 Å². The number of carbonyl (C=O) groups is 1. The summed E-state index contributed by atoms with van der Waals surface area (Å²) in [6, 6.07) is 1.16. The van der Waals surface area contributed by atoms with Gasteiger partial charge in [0.05, 0.1) is 3.70 Å². The van der Waals surface area contributed by atoms with E-state index in [4.69, 9.17) is 9.47 Å². The van der Waals surface area contributed by atoms with Crippen LogP contribution in [-0.4, -0.2) is 50.7 Å². The van der Waals surface area contributed by atoms with E-state index in [-0.39, 0.29) is 10.3 Å². The average molecular weight is 412 g/mol. The van der Waals surface area contributed by atoms with Crippen molar-refractivity contribution in [2.75, 3.05) is 6.61 Å². The van der Waals surface area contributed by atoms with Crippen molar-refractivity contribution < 1.29 is 24.5 Å². The molecule has 116 valence electrons. The van der Waals surface area contributed by atoms with E-state index in [0.717, 1.165) is 10.6 Å². The third kappa shape index (κ3) is 3.33. The van der Waals surface area contributed by atoms with Crippen molar-refractivity contribution in [1.82, 2.24) is 9.55 Å². The summed E-state index contributed by atoms with van der Waals surface area (Å²) in [5.74, 6) is -0.556. The second kappa shape index (κ2) is 6.25. The number of H-pyrrole nitrogens is 1. The minimum Gasteiger partial charge on any atom is -0.463 e. The molecule has 4 atom stereocenters. The van der Waals surface area contributed by atoms with Crippen molar-refractivity contribution in [3.8, 4) is 0 Å². The Hall–Kier alpha value is -1.24. The molecule has 0 aliphatic carbocycles. The van der Waals surface area contributed by atoms with Crippen LogP contribution in [0.1, 0.15) is 13.2 Å². The lowest BCUT2D eigenvalue weighted by molar-refractivity contribution is -0.147. The number of rotatable bonds is 3. The molecule has 1 unspecified atom stereocenters. The number of nitrogens with one attached hydrogen (secondary N) is 1. The van der Waals surface area contributed by atoms with E-state index in [2.05, 4.69) is 0 Å². The van der Waals surface area contributed by atoms with Crippen LogP contribution in [0.25, 0.3) is 0 Å². The monoisotopic (exact) mass is 412 g/mol. The van der Waals surface area contributed by atoms with E-state index in [1.165, 1.54) is 6.92 Å². The number of carbonyl (C=O) groups excluding carboxylic acids is 1. The zero-order valence-electron chi connectivity index (χ0n) is 10.9. The number of nitrogens with zero attached hydrogens (tertiary/aromatic N) is 1. The molecule has 0 aromatic carbocycles. The molecule has 0 spiro atoms. The number of hydrogen-bond acceptors (Lipinski definition) is 7. The Morgan fingerprint density at radius 1 is 1.48 bits per heavy atom. The number of esters is 1. The van der Waals surface area contributed by atoms with E-state index in [9.17, 15) is 24.6 Å². The summed E-state index contributed by atoms with van der Waals surface area (Å²) >= 11 is 1.74. The molecule has 1 aliphatic heterocycles. The van der Waals surface area contributed by atoms with Crippen molar-refractivity contribution in [2.24, 2.45) is 0 Å². The SMILES string of the molecule is CC(=O)OC[C@H]1O[C@@H](n2c(I)cc(=O)[nH]c2=O)C(O)[C@H]1O. The predicted molar refractivity (Wildman–Crippen MR) is 76.6 cm³/mol. The van der Waals surface area contributed by atoms with Gasteiger partial charge in [-0.3, -0.25) is 19.1 Å². The average Bonchev–Trinajstić information content (AvgIpc) is 2.63. The highest BCUT2D eigenvalue weighted by Gasteiger charge is 2.45. The summed E-state index contributed by atoms with van der Waals surface area (Å²) in [6.45, 7) is 0.948. The molecule has 10 heteroatoms. The quantitative estimate of drug-likeness (QED) is 0.307. The van der Waals surface area contributed by atoms with Gasteiger partial charge < -0.3 is 19.7 Å². The highest BCUT2D eigenvalue weighted by Crippen LogP contribution is 2.29. The van der Waals surface area contributed by atoms with Gasteiger partial charge in [0.15, 0.2) is 6.23 Å². The maximum absolute atomic E-state index is 11.8. The Balaban J connectivity index is 2.28. The lowest BCUT2D eigenvalue weighted by Gasteiger charge is -2.18. The molecular weight excluding hydrogens is 399 g/mol. The summed E-state index contributed by atoms with van der Waals surface area (Å²) in [5, 5.41) is 19.9. The van der Waals surface area contributed by atoms with Gasteiger partial charge in [0.25, 0.3) is 5.56 Å². The Morgan fingerprint density at radius 2 is 2.14 bits per heavy atom. The molecule has 2 heterocycles. The Labute approximate surface area is 131 Å². The molecule has 21 heavy (non-hydrogen) atoms. The molecule has 9 nitrogen and oxygen atoms in total. The molecule has 2 rings (SSSR count). The van der Waals surface area contributed by atoms with Crippen LogP contribution in [0.3, 0.4) is 0 Å². The minimum atomic E-state index is -1.40. The number of aromatic amines is 1. The van der Waals surface area contributed by atoms with E-state index < -0.39 is 41.8 Å². The first-order chi connectivity index (χ1) is 9.81. The molecule has 0 amide bonds. The summed E-state index contributed by atoms with van der Waals surface area (Å²) in [5.41, 5.74) is -1.35. The second-order valence-electron chi connectivity index (χ2n) is 4.48. The fourth-order valence-electron chi connectivity index (χ4n) is 1.99. The highest BCUT2D eigenvalue weighted by molar-refractivity contribution is 14.1. The van der Waals surface area contributed by atoms with Gasteiger partial charge in [0.2, 0.25) is 0 Å². The third-order valence-corrected chi connectivity index (χ3v) is 3.80. The number of aliphatic hydroxyl groups is 2. The first-order valence-corrected chi connectivity index (χ1v) is 7.05. The van der Waals surface area contributed by atoms with E-state index >= 15 is 0 Å². The molecule has 1 aromatic heterocycles. The van der Waals surface area contributed by atoms with Gasteiger partial charge >= 0.3 is 11.7 Å². The first-order valence-electron chi connectivity index (χ1n) is 5.97. The van der Waals surface area contributed by atoms with Gasteiger partial charge in [-0.05, 0) is 22.6 Å². The lowest BCUT2D eigenvalue weighted by atomic mass is 10.1. The molecule has 0 bridgehead atoms. The Morgan fingerprint density at radius 3 is 2.71 bits per heavy atom. The van der Waals surface area contributed by atoms with Gasteiger partial charge in [-0.2, -0.15) is 0 Å². The van der Waals surface area contributed by atoms with Gasteiger partial charge in [0, 0.05) is 13.0 Å². The lowest BCUT2D eigenvalue weighted by Crippen LogP contribution is -2.39. The minimum absolute atomic E-state index is 0.241. The number of ether oxygens (including phenoxy) is 2. The van der Waals surface area contributed by atoms with Crippen molar-refractivity contribution >= 4 is 28.6 Å². The topological polar surface area (TPSA) is 131 Å². The molecule has 3 N–H and O–H groups in total. The fourth-order valence-corrected chi connectivity index (χ4v) is 2.77. The zero-order valence-corrected chi connectivity index (χ0v) is 13.0. The van der Waals surface area contributed by atoms with Gasteiger partial charge in [0.1, 0.15) is 24.9 Å². The van der Waals surface area contributed by atoms with E-state index in [1.54, 1.807) is 22.6 Å². The number of aromatic nitrogens is 2. The van der Waals surface area contributed by atoms with Crippen LogP contribution in [0.15, 0.2) is 15.7 Å². The zero-order chi connectivity index (χ0) is 15.7. The fraction of sp³-hybridized carbons (Fsp3) is 0.545. The highest BCUT2D eigenvalue weighted by atomic mass is 127. The smallest absolute Gasteiger partial charge is 0.331 e. The third-order valence-electron chi connectivity index (χ3n) is 2.97. The normalized spacial score (nSPS) is 28.6. The largest absolute Gasteiger partial charge is 0.463 e. The van der Waals surface area contributed by atoms with E-state index in [1.807, 2.05) is 4.98 Å². The summed E-state index contributed by atoms with van der Waals surface area (Å²) in [4.78, 5) is 35.8. The number of halogens is 1. The van der Waals surface area contributed by atoms with Crippen molar-refractivity contribution in [3.63, 3.8) is 0 Å². The number of aliphatic hydroxyl groups excluding tert-OH is 2. The Bertz CT molecular complexity index is 655.